The first-order chi connectivity index (χ1) is 21.8. The summed E-state index contributed by atoms with van der Waals surface area (Å²) in [7, 11) is 0. The molecule has 0 saturated heterocycles. The van der Waals surface area contributed by atoms with Crippen molar-refractivity contribution in [1.82, 2.24) is 19.9 Å². The van der Waals surface area contributed by atoms with Crippen LogP contribution in [-0.4, -0.2) is 19.9 Å². The lowest BCUT2D eigenvalue weighted by molar-refractivity contribution is 0.687. The van der Waals surface area contributed by atoms with Gasteiger partial charge in [-0.3, -0.25) is 4.98 Å². The Morgan fingerprint density at radius 1 is 0.477 bits per heavy atom. The molecule has 2 atom stereocenters. The van der Waals surface area contributed by atoms with Gasteiger partial charge >= 0.3 is 0 Å². The van der Waals surface area contributed by atoms with Gasteiger partial charge < -0.3 is 0 Å². The van der Waals surface area contributed by atoms with Crippen LogP contribution in [-0.2, 0) is 0 Å². The number of allylic oxidation sites excluding steroid dienone is 5. The van der Waals surface area contributed by atoms with Gasteiger partial charge in [0.05, 0.1) is 0 Å². The first kappa shape index (κ1) is 25.9. The third-order valence-electron chi connectivity index (χ3n) is 8.37. The van der Waals surface area contributed by atoms with E-state index < -0.39 is 0 Å². The predicted octanol–water partition coefficient (Wildman–Crippen LogP) is 9.21. The van der Waals surface area contributed by atoms with Gasteiger partial charge in [-0.2, -0.15) is 0 Å². The van der Waals surface area contributed by atoms with Crippen LogP contribution in [0.5, 0.6) is 0 Å². The molecule has 0 fully saturated rings. The Morgan fingerprint density at radius 3 is 1.84 bits per heavy atom. The van der Waals surface area contributed by atoms with E-state index >= 15 is 0 Å². The van der Waals surface area contributed by atoms with E-state index in [9.17, 15) is 0 Å². The molecule has 0 saturated carbocycles. The van der Waals surface area contributed by atoms with Gasteiger partial charge in [0.15, 0.2) is 17.5 Å². The van der Waals surface area contributed by atoms with E-state index in [1.54, 1.807) is 6.20 Å². The van der Waals surface area contributed by atoms with Crippen LogP contribution in [0.1, 0.15) is 22.9 Å². The molecule has 6 aromatic rings. The quantitative estimate of drug-likeness (QED) is 0.209. The van der Waals surface area contributed by atoms with Gasteiger partial charge in [0, 0.05) is 46.5 Å². The Morgan fingerprint density at radius 2 is 1.09 bits per heavy atom. The molecule has 4 heteroatoms. The van der Waals surface area contributed by atoms with E-state index in [4.69, 9.17) is 15.0 Å². The second-order valence-electron chi connectivity index (χ2n) is 11.1. The SMILES string of the molecule is C1=CC2C=C(c3nc(-c4cccc(-c5ccccc5)c4)nc(-c4cccc(-c5cccnc5)c4)n3)c3ccccc3C2C=C1. The maximum atomic E-state index is 5.16. The molecular weight excluding hydrogens is 536 g/mol. The van der Waals surface area contributed by atoms with E-state index in [1.807, 2.05) is 18.3 Å². The minimum atomic E-state index is 0.240. The molecule has 44 heavy (non-hydrogen) atoms. The molecule has 0 amide bonds. The van der Waals surface area contributed by atoms with Crippen LogP contribution in [0.25, 0.3) is 50.6 Å². The van der Waals surface area contributed by atoms with Crippen LogP contribution in [0.15, 0.2) is 158 Å². The molecule has 2 aliphatic rings. The van der Waals surface area contributed by atoms with Crippen molar-refractivity contribution < 1.29 is 0 Å². The van der Waals surface area contributed by atoms with Gasteiger partial charge in [0.2, 0.25) is 0 Å². The second kappa shape index (κ2) is 11.2. The van der Waals surface area contributed by atoms with Crippen molar-refractivity contribution in [1.29, 1.82) is 0 Å². The fourth-order valence-electron chi connectivity index (χ4n) is 6.20. The average Bonchev–Trinajstić information content (AvgIpc) is 3.12. The van der Waals surface area contributed by atoms with Crippen molar-refractivity contribution in [2.75, 3.05) is 0 Å². The van der Waals surface area contributed by atoms with Crippen LogP contribution in [0.2, 0.25) is 0 Å². The number of hydrogen-bond donors (Lipinski definition) is 0. The van der Waals surface area contributed by atoms with Crippen LogP contribution < -0.4 is 0 Å². The van der Waals surface area contributed by atoms with Crippen molar-refractivity contribution in [3.8, 4) is 45.0 Å². The van der Waals surface area contributed by atoms with E-state index in [0.717, 1.165) is 39.0 Å². The number of nitrogens with zero attached hydrogens (tertiary/aromatic N) is 4. The number of aromatic nitrogens is 4. The minimum Gasteiger partial charge on any atom is -0.264 e. The Labute approximate surface area is 256 Å². The van der Waals surface area contributed by atoms with Gasteiger partial charge in [-0.15, -0.1) is 0 Å². The van der Waals surface area contributed by atoms with Crippen molar-refractivity contribution in [3.05, 3.63) is 175 Å². The third-order valence-corrected chi connectivity index (χ3v) is 8.37. The van der Waals surface area contributed by atoms with Gasteiger partial charge in [-0.25, -0.2) is 15.0 Å². The van der Waals surface area contributed by atoms with Crippen LogP contribution >= 0.6 is 0 Å². The molecule has 0 radical (unpaired) electrons. The maximum Gasteiger partial charge on any atom is 0.164 e. The van der Waals surface area contributed by atoms with Crippen molar-refractivity contribution >= 4 is 5.57 Å². The standard InChI is InChI=1S/C40H28N4/c1-2-11-27(12-3-1)28-14-8-16-31(23-28)38-42-39(32-17-9-15-29(24-32)33-18-10-22-41-26-33)44-40(43-38)37-25-30-13-4-5-19-34(30)35-20-6-7-21-36(35)37/h1-26,30,34H. The summed E-state index contributed by atoms with van der Waals surface area (Å²) in [5.74, 6) is 2.51. The number of hydrogen-bond acceptors (Lipinski definition) is 4. The van der Waals surface area contributed by atoms with Gasteiger partial charge in [-0.05, 0) is 46.0 Å². The molecule has 4 nitrogen and oxygen atoms in total. The molecule has 4 aromatic carbocycles. The van der Waals surface area contributed by atoms with Crippen LogP contribution in [0.3, 0.4) is 0 Å². The lowest BCUT2D eigenvalue weighted by Crippen LogP contribution is -2.17. The summed E-state index contributed by atoms with van der Waals surface area (Å²) < 4.78 is 0. The fourth-order valence-corrected chi connectivity index (χ4v) is 6.20. The minimum absolute atomic E-state index is 0.240. The molecule has 0 bridgehead atoms. The zero-order valence-electron chi connectivity index (χ0n) is 24.0. The van der Waals surface area contributed by atoms with Gasteiger partial charge in [0.25, 0.3) is 0 Å². The third kappa shape index (κ3) is 4.87. The smallest absolute Gasteiger partial charge is 0.164 e. The molecular formula is C40H28N4. The van der Waals surface area contributed by atoms with E-state index in [1.165, 1.54) is 11.1 Å². The Bertz CT molecular complexity index is 1980. The number of pyridine rings is 1. The fraction of sp³-hybridized carbons (Fsp3) is 0.0500. The Kier molecular flexibility index (Phi) is 6.58. The lowest BCUT2D eigenvalue weighted by atomic mass is 9.74. The predicted molar refractivity (Wildman–Crippen MR) is 177 cm³/mol. The summed E-state index contributed by atoms with van der Waals surface area (Å²) in [6.07, 6.45) is 14.8. The van der Waals surface area contributed by atoms with Crippen LogP contribution in [0.4, 0.5) is 0 Å². The summed E-state index contributed by atoms with van der Waals surface area (Å²) in [6, 6.07) is 39.8. The summed E-state index contributed by atoms with van der Waals surface area (Å²) >= 11 is 0. The topological polar surface area (TPSA) is 51.6 Å². The van der Waals surface area contributed by atoms with E-state index in [2.05, 4.69) is 138 Å². The molecule has 2 aliphatic carbocycles. The Balaban J connectivity index is 1.32. The summed E-state index contributed by atoms with van der Waals surface area (Å²) in [4.78, 5) is 19.7. The molecule has 0 N–H and O–H groups in total. The molecule has 0 aliphatic heterocycles. The summed E-state index contributed by atoms with van der Waals surface area (Å²) in [5.41, 5.74) is 9.76. The molecule has 2 unspecified atom stereocenters. The summed E-state index contributed by atoms with van der Waals surface area (Å²) in [5, 5.41) is 0. The highest BCUT2D eigenvalue weighted by Gasteiger charge is 2.29. The van der Waals surface area contributed by atoms with Gasteiger partial charge in [0.1, 0.15) is 0 Å². The molecule has 208 valence electrons. The number of rotatable bonds is 5. The molecule has 2 heterocycles. The molecule has 8 rings (SSSR count). The zero-order valence-corrected chi connectivity index (χ0v) is 24.0. The van der Waals surface area contributed by atoms with Crippen molar-refractivity contribution in [3.63, 3.8) is 0 Å². The second-order valence-corrected chi connectivity index (χ2v) is 11.1. The normalized spacial score (nSPS) is 16.6. The van der Waals surface area contributed by atoms with E-state index in [-0.39, 0.29) is 5.92 Å². The largest absolute Gasteiger partial charge is 0.264 e. The molecule has 0 spiro atoms. The van der Waals surface area contributed by atoms with Crippen molar-refractivity contribution in [2.24, 2.45) is 5.92 Å². The van der Waals surface area contributed by atoms with Gasteiger partial charge in [-0.1, -0.05) is 127 Å². The maximum absolute atomic E-state index is 5.16. The average molecular weight is 565 g/mol. The highest BCUT2D eigenvalue weighted by atomic mass is 15.0. The highest BCUT2D eigenvalue weighted by molar-refractivity contribution is 5.83. The molecule has 2 aromatic heterocycles. The highest BCUT2D eigenvalue weighted by Crippen LogP contribution is 2.43. The zero-order chi connectivity index (χ0) is 29.3. The Hall–Kier alpha value is -5.74. The number of benzene rings is 4. The monoisotopic (exact) mass is 564 g/mol. The lowest BCUT2D eigenvalue weighted by Gasteiger charge is -2.30. The van der Waals surface area contributed by atoms with E-state index in [0.29, 0.717) is 23.4 Å². The summed E-state index contributed by atoms with van der Waals surface area (Å²) in [6.45, 7) is 0. The first-order valence-electron chi connectivity index (χ1n) is 14.9. The number of fused-ring (bicyclic) bond motifs is 3. The van der Waals surface area contributed by atoms with Crippen LogP contribution in [0, 0.1) is 5.92 Å². The van der Waals surface area contributed by atoms with Crippen molar-refractivity contribution in [2.45, 2.75) is 5.92 Å². The first-order valence-corrected chi connectivity index (χ1v) is 14.9.